The number of sulfonamides is 1. The van der Waals surface area contributed by atoms with Gasteiger partial charge in [-0.3, -0.25) is 5.73 Å². The molecule has 1 aromatic rings. The fourth-order valence-corrected chi connectivity index (χ4v) is 5.78. The maximum Gasteiger partial charge on any atom is 0.422 e. The molecule has 13 heteroatoms. The fraction of sp³-hybridized carbons (Fsp3) is 0.550. The van der Waals surface area contributed by atoms with Crippen molar-refractivity contribution in [3.8, 4) is 0 Å². The van der Waals surface area contributed by atoms with Crippen LogP contribution in [-0.4, -0.2) is 74.4 Å². The number of hydrogen-bond acceptors (Lipinski definition) is 7. The molecule has 2 fully saturated rings. The van der Waals surface area contributed by atoms with Crippen LogP contribution in [0.15, 0.2) is 50.4 Å². The highest BCUT2D eigenvalue weighted by molar-refractivity contribution is 9.10. The number of aliphatic imine (C=N–C) groups is 1. The zero-order valence-electron chi connectivity index (χ0n) is 17.5. The molecule has 0 bridgehead atoms. The molecule has 8 nitrogen and oxygen atoms in total. The van der Waals surface area contributed by atoms with Crippen molar-refractivity contribution in [2.24, 2.45) is 10.7 Å². The molecule has 182 valence electrons. The maximum atomic E-state index is 13.7. The van der Waals surface area contributed by atoms with Crippen molar-refractivity contribution in [3.05, 3.63) is 40.5 Å². The molecular formula is C20H24BrF3N4O4S. The Kier molecular flexibility index (Phi) is 7.06. The average Bonchev–Trinajstić information content (AvgIpc) is 3.26. The van der Waals surface area contributed by atoms with Gasteiger partial charge in [0.05, 0.1) is 18.1 Å². The lowest BCUT2D eigenvalue weighted by atomic mass is 10.0. The highest BCUT2D eigenvalue weighted by atomic mass is 79.9. The van der Waals surface area contributed by atoms with E-state index in [-0.39, 0.29) is 24.6 Å². The lowest BCUT2D eigenvalue weighted by molar-refractivity contribution is -0.0909. The molecule has 2 atom stereocenters. The molecule has 3 heterocycles. The minimum absolute atomic E-state index is 0.161. The number of nitrogens with two attached hydrogens (primary N) is 1. The second kappa shape index (κ2) is 9.53. The van der Waals surface area contributed by atoms with Gasteiger partial charge < -0.3 is 14.4 Å². The first-order valence-corrected chi connectivity index (χ1v) is 12.7. The molecule has 2 unspecified atom stereocenters. The van der Waals surface area contributed by atoms with Gasteiger partial charge in [-0.2, -0.15) is 17.5 Å². The summed E-state index contributed by atoms with van der Waals surface area (Å²) in [6.45, 7) is 0.944. The van der Waals surface area contributed by atoms with Crippen molar-refractivity contribution in [2.75, 3.05) is 26.3 Å². The zero-order valence-corrected chi connectivity index (χ0v) is 19.9. The van der Waals surface area contributed by atoms with Crippen LogP contribution in [0.25, 0.3) is 0 Å². The van der Waals surface area contributed by atoms with E-state index in [4.69, 9.17) is 15.2 Å². The van der Waals surface area contributed by atoms with E-state index in [2.05, 4.69) is 20.9 Å². The van der Waals surface area contributed by atoms with Crippen LogP contribution in [0.3, 0.4) is 0 Å². The number of benzene rings is 1. The number of piperidine rings is 1. The SMILES string of the molecule is NC1N=C(OC2CCOC2)C(C(F)(F)F)=CN1C1CCN(S(=O)(=O)c2ccc(Br)cc2)CC1. The van der Waals surface area contributed by atoms with Crippen molar-refractivity contribution in [1.82, 2.24) is 9.21 Å². The molecule has 0 aromatic heterocycles. The summed E-state index contributed by atoms with van der Waals surface area (Å²) in [5.41, 5.74) is 5.09. The van der Waals surface area contributed by atoms with E-state index in [1.165, 1.54) is 21.3 Å². The zero-order chi connectivity index (χ0) is 23.8. The number of nitrogens with zero attached hydrogens (tertiary/aromatic N) is 3. The Morgan fingerprint density at radius 3 is 2.39 bits per heavy atom. The number of alkyl halides is 3. The third-order valence-corrected chi connectivity index (χ3v) is 8.27. The molecule has 3 aliphatic rings. The van der Waals surface area contributed by atoms with Gasteiger partial charge in [-0.25, -0.2) is 13.4 Å². The molecule has 0 radical (unpaired) electrons. The summed E-state index contributed by atoms with van der Waals surface area (Å²) in [6.07, 6.45) is -4.18. The van der Waals surface area contributed by atoms with E-state index in [1.807, 2.05) is 0 Å². The van der Waals surface area contributed by atoms with Gasteiger partial charge in [0.25, 0.3) is 0 Å². The minimum Gasteiger partial charge on any atom is -0.471 e. The van der Waals surface area contributed by atoms with Crippen LogP contribution in [0.1, 0.15) is 19.3 Å². The molecule has 1 aromatic carbocycles. The molecule has 0 aliphatic carbocycles. The average molecular weight is 553 g/mol. The Labute approximate surface area is 198 Å². The van der Waals surface area contributed by atoms with Gasteiger partial charge in [0, 0.05) is 36.2 Å². The number of halogens is 4. The monoisotopic (exact) mass is 552 g/mol. The van der Waals surface area contributed by atoms with E-state index < -0.39 is 46.1 Å². The molecule has 4 rings (SSSR count). The summed E-state index contributed by atoms with van der Waals surface area (Å²) in [5, 5.41) is 0. The number of hydrogen-bond donors (Lipinski definition) is 1. The van der Waals surface area contributed by atoms with E-state index >= 15 is 0 Å². The predicted molar refractivity (Wildman–Crippen MR) is 118 cm³/mol. The van der Waals surface area contributed by atoms with Gasteiger partial charge in [-0.15, -0.1) is 0 Å². The standard InChI is InChI=1S/C20H24BrF3N4O4S/c21-13-1-3-16(4-2-13)33(29,30)27-8-5-14(6-9-27)28-11-17(20(22,23)24)18(26-19(28)25)32-15-7-10-31-12-15/h1-4,11,14-15,19H,5-10,12,25H2. The third-order valence-electron chi connectivity index (χ3n) is 5.83. The molecule has 0 amide bonds. The molecule has 3 aliphatic heterocycles. The van der Waals surface area contributed by atoms with Gasteiger partial charge in [0.2, 0.25) is 15.9 Å². The largest absolute Gasteiger partial charge is 0.471 e. The Hall–Kier alpha value is -1.67. The second-order valence-electron chi connectivity index (χ2n) is 8.03. The highest BCUT2D eigenvalue weighted by Gasteiger charge is 2.44. The van der Waals surface area contributed by atoms with Gasteiger partial charge in [-0.05, 0) is 37.1 Å². The maximum absolute atomic E-state index is 13.7. The summed E-state index contributed by atoms with van der Waals surface area (Å²) in [5.74, 6) is -0.531. The number of ether oxygens (including phenoxy) is 2. The lowest BCUT2D eigenvalue weighted by Gasteiger charge is -2.41. The van der Waals surface area contributed by atoms with Crippen molar-refractivity contribution in [3.63, 3.8) is 0 Å². The van der Waals surface area contributed by atoms with Gasteiger partial charge in [-0.1, -0.05) is 15.9 Å². The highest BCUT2D eigenvalue weighted by Crippen LogP contribution is 2.34. The van der Waals surface area contributed by atoms with Crippen molar-refractivity contribution >= 4 is 31.9 Å². The summed E-state index contributed by atoms with van der Waals surface area (Å²) >= 11 is 3.28. The summed E-state index contributed by atoms with van der Waals surface area (Å²) < 4.78 is 79.8. The van der Waals surface area contributed by atoms with Crippen molar-refractivity contribution < 1.29 is 31.1 Å². The molecule has 2 saturated heterocycles. The first-order valence-electron chi connectivity index (χ1n) is 10.5. The van der Waals surface area contributed by atoms with Crippen LogP contribution in [0.2, 0.25) is 0 Å². The summed E-state index contributed by atoms with van der Waals surface area (Å²) in [4.78, 5) is 5.51. The molecule has 2 N–H and O–H groups in total. The van der Waals surface area contributed by atoms with Crippen LogP contribution in [0.5, 0.6) is 0 Å². The third kappa shape index (κ3) is 5.37. The van der Waals surface area contributed by atoms with E-state index in [9.17, 15) is 21.6 Å². The molecule has 0 saturated carbocycles. The Morgan fingerprint density at radius 1 is 1.15 bits per heavy atom. The van der Waals surface area contributed by atoms with Crippen molar-refractivity contribution in [1.29, 1.82) is 0 Å². The Bertz CT molecular complexity index is 1020. The quantitative estimate of drug-likeness (QED) is 0.616. The van der Waals surface area contributed by atoms with Gasteiger partial charge in [0.1, 0.15) is 11.7 Å². The molecule has 0 spiro atoms. The molecular weight excluding hydrogens is 529 g/mol. The Balaban J connectivity index is 1.47. The van der Waals surface area contributed by atoms with Crippen LogP contribution >= 0.6 is 15.9 Å². The minimum atomic E-state index is -4.68. The van der Waals surface area contributed by atoms with Crippen LogP contribution in [-0.2, 0) is 19.5 Å². The van der Waals surface area contributed by atoms with Gasteiger partial charge in [0.15, 0.2) is 6.29 Å². The predicted octanol–water partition coefficient (Wildman–Crippen LogP) is 2.81. The van der Waals surface area contributed by atoms with Crippen LogP contribution < -0.4 is 5.73 Å². The van der Waals surface area contributed by atoms with Crippen LogP contribution in [0.4, 0.5) is 13.2 Å². The van der Waals surface area contributed by atoms with Crippen LogP contribution in [0, 0.1) is 0 Å². The lowest BCUT2D eigenvalue weighted by Crippen LogP contribution is -2.52. The van der Waals surface area contributed by atoms with E-state index in [1.54, 1.807) is 12.1 Å². The Morgan fingerprint density at radius 2 is 1.82 bits per heavy atom. The normalized spacial score (nSPS) is 25.7. The van der Waals surface area contributed by atoms with Gasteiger partial charge >= 0.3 is 6.18 Å². The first kappa shape index (κ1) is 24.5. The number of rotatable bonds is 4. The summed E-state index contributed by atoms with van der Waals surface area (Å²) in [7, 11) is -3.69. The summed E-state index contributed by atoms with van der Waals surface area (Å²) in [6, 6.07) is 5.91. The second-order valence-corrected chi connectivity index (χ2v) is 10.9. The topological polar surface area (TPSA) is 97.5 Å². The van der Waals surface area contributed by atoms with Crippen molar-refractivity contribution in [2.45, 2.75) is 48.8 Å². The smallest absolute Gasteiger partial charge is 0.422 e. The van der Waals surface area contributed by atoms with E-state index in [0.29, 0.717) is 25.9 Å². The fourth-order valence-electron chi connectivity index (χ4n) is 4.05. The molecule has 33 heavy (non-hydrogen) atoms. The first-order chi connectivity index (χ1) is 15.6. The van der Waals surface area contributed by atoms with E-state index in [0.717, 1.165) is 10.7 Å².